The van der Waals surface area contributed by atoms with Crippen molar-refractivity contribution in [3.8, 4) is 0 Å². The first-order valence-electron chi connectivity index (χ1n) is 12.5. The van der Waals surface area contributed by atoms with E-state index in [1.54, 1.807) is 67.2 Å². The third-order valence-corrected chi connectivity index (χ3v) is 5.44. The van der Waals surface area contributed by atoms with E-state index in [0.29, 0.717) is 0 Å². The lowest BCUT2D eigenvalue weighted by Gasteiger charge is -2.22. The van der Waals surface area contributed by atoms with E-state index >= 15 is 0 Å². The van der Waals surface area contributed by atoms with Crippen LogP contribution >= 0.6 is 0 Å². The highest BCUT2D eigenvalue weighted by Gasteiger charge is 2.26. The van der Waals surface area contributed by atoms with Crippen LogP contribution in [0.1, 0.15) is 81.6 Å². The summed E-state index contributed by atoms with van der Waals surface area (Å²) in [4.78, 5) is 73.7. The van der Waals surface area contributed by atoms with Gasteiger partial charge in [-0.15, -0.1) is 0 Å². The predicted molar refractivity (Wildman–Crippen MR) is 137 cm³/mol. The largest absolute Gasteiger partial charge is 0.464 e. The van der Waals surface area contributed by atoms with Gasteiger partial charge in [-0.1, -0.05) is 62.3 Å². The molecule has 0 aliphatic heterocycles. The van der Waals surface area contributed by atoms with E-state index < -0.39 is 34.2 Å². The Balaban J connectivity index is 4.81. The van der Waals surface area contributed by atoms with Gasteiger partial charge in [0.1, 0.15) is 56.4 Å². The van der Waals surface area contributed by atoms with Crippen LogP contribution in [0, 0.1) is 16.2 Å². The third-order valence-electron chi connectivity index (χ3n) is 5.44. The number of rotatable bonds is 15. The highest BCUT2D eigenvalue weighted by molar-refractivity contribution is 5.99. The van der Waals surface area contributed by atoms with Crippen molar-refractivity contribution in [1.29, 1.82) is 0 Å². The molecule has 0 heterocycles. The molecular weight excluding hydrogens is 482 g/mol. The van der Waals surface area contributed by atoms with Crippen LogP contribution in [0.15, 0.2) is 0 Å². The molecule has 0 bridgehead atoms. The summed E-state index contributed by atoms with van der Waals surface area (Å²) in [5, 5.41) is 0. The Morgan fingerprint density at radius 3 is 0.865 bits per heavy atom. The monoisotopic (exact) mass is 527 g/mol. The Kier molecular flexibility index (Phi) is 13.9. The standard InChI is InChI=1S/C27H45NO9/c1-25(2,3)19(29)16-22(32)35-13-10-28(11-14-36-23(33)17-20(30)26(4,5)6)12-15-37-24(34)18-21(31)27(7,8)9/h10-18H2,1-9H3. The molecule has 0 aliphatic rings. The first-order chi connectivity index (χ1) is 16.7. The molecule has 0 aliphatic carbocycles. The van der Waals surface area contributed by atoms with Gasteiger partial charge in [0.2, 0.25) is 0 Å². The summed E-state index contributed by atoms with van der Waals surface area (Å²) in [5.41, 5.74) is -1.95. The van der Waals surface area contributed by atoms with Crippen molar-refractivity contribution in [3.05, 3.63) is 0 Å². The molecule has 0 N–H and O–H groups in total. The predicted octanol–water partition coefficient (Wildman–Crippen LogP) is 2.93. The van der Waals surface area contributed by atoms with Crippen molar-refractivity contribution in [2.24, 2.45) is 16.2 Å². The van der Waals surface area contributed by atoms with Gasteiger partial charge in [0.25, 0.3) is 0 Å². The Labute approximate surface area is 220 Å². The number of carbonyl (C=O) groups excluding carboxylic acids is 6. The first-order valence-corrected chi connectivity index (χ1v) is 12.5. The Morgan fingerprint density at radius 1 is 0.459 bits per heavy atom. The zero-order valence-electron chi connectivity index (χ0n) is 24.0. The average molecular weight is 528 g/mol. The lowest BCUT2D eigenvalue weighted by molar-refractivity contribution is -0.148. The minimum absolute atomic E-state index is 0.0246. The molecule has 0 fully saturated rings. The molecule has 0 aromatic carbocycles. The van der Waals surface area contributed by atoms with Crippen LogP contribution in [-0.4, -0.2) is 79.6 Å². The highest BCUT2D eigenvalue weighted by atomic mass is 16.5. The Bertz CT molecular complexity index is 717. The van der Waals surface area contributed by atoms with Gasteiger partial charge in [0.15, 0.2) is 0 Å². The summed E-state index contributed by atoms with van der Waals surface area (Å²) >= 11 is 0. The average Bonchev–Trinajstić information content (AvgIpc) is 2.71. The minimum Gasteiger partial charge on any atom is -0.464 e. The van der Waals surface area contributed by atoms with Crippen molar-refractivity contribution >= 4 is 35.3 Å². The topological polar surface area (TPSA) is 133 Å². The molecule has 0 spiro atoms. The summed E-state index contributed by atoms with van der Waals surface area (Å²) in [6, 6.07) is 0. The molecule has 0 saturated carbocycles. The molecule has 0 rings (SSSR count). The van der Waals surface area contributed by atoms with E-state index in [9.17, 15) is 28.8 Å². The molecule has 0 radical (unpaired) electrons. The van der Waals surface area contributed by atoms with E-state index in [-0.39, 0.29) is 76.1 Å². The molecule has 0 aromatic heterocycles. The number of ether oxygens (including phenoxy) is 3. The zero-order chi connectivity index (χ0) is 29.0. The second kappa shape index (κ2) is 15.0. The maximum absolute atomic E-state index is 12.0. The molecule has 10 heteroatoms. The number of nitrogens with zero attached hydrogens (tertiary/aromatic N) is 1. The highest BCUT2D eigenvalue weighted by Crippen LogP contribution is 2.18. The summed E-state index contributed by atoms with van der Waals surface area (Å²) in [6.07, 6.45) is -0.993. The Morgan fingerprint density at radius 2 is 0.676 bits per heavy atom. The Hall–Kier alpha value is -2.62. The summed E-state index contributed by atoms with van der Waals surface area (Å²) in [6.45, 7) is 16.1. The van der Waals surface area contributed by atoms with Crippen LogP contribution in [0.5, 0.6) is 0 Å². The van der Waals surface area contributed by atoms with E-state index in [0.717, 1.165) is 0 Å². The van der Waals surface area contributed by atoms with Gasteiger partial charge < -0.3 is 14.2 Å². The molecule has 37 heavy (non-hydrogen) atoms. The van der Waals surface area contributed by atoms with Crippen LogP contribution in [0.2, 0.25) is 0 Å². The zero-order valence-corrected chi connectivity index (χ0v) is 24.0. The quantitative estimate of drug-likeness (QED) is 0.178. The van der Waals surface area contributed by atoms with E-state index in [4.69, 9.17) is 14.2 Å². The second-order valence-corrected chi connectivity index (χ2v) is 12.1. The minimum atomic E-state index is -0.651. The van der Waals surface area contributed by atoms with Crippen LogP contribution in [-0.2, 0) is 43.0 Å². The normalized spacial score (nSPS) is 12.2. The number of esters is 3. The first kappa shape index (κ1) is 34.4. The fourth-order valence-corrected chi connectivity index (χ4v) is 2.54. The number of ketones is 3. The van der Waals surface area contributed by atoms with Crippen LogP contribution in [0.4, 0.5) is 0 Å². The number of hydrogen-bond donors (Lipinski definition) is 0. The fourth-order valence-electron chi connectivity index (χ4n) is 2.54. The lowest BCUT2D eigenvalue weighted by atomic mass is 9.89. The second-order valence-electron chi connectivity index (χ2n) is 12.1. The molecule has 0 aromatic rings. The van der Waals surface area contributed by atoms with Crippen LogP contribution < -0.4 is 0 Å². The number of Topliss-reactive ketones (excluding diaryl/α,β-unsaturated/α-hetero) is 3. The maximum atomic E-state index is 12.0. The van der Waals surface area contributed by atoms with Gasteiger partial charge >= 0.3 is 17.9 Å². The third kappa shape index (κ3) is 16.0. The molecule has 0 unspecified atom stereocenters. The number of hydrogen-bond acceptors (Lipinski definition) is 10. The van der Waals surface area contributed by atoms with Gasteiger partial charge in [0.05, 0.1) is 0 Å². The van der Waals surface area contributed by atoms with Crippen LogP contribution in [0.25, 0.3) is 0 Å². The van der Waals surface area contributed by atoms with Gasteiger partial charge in [-0.25, -0.2) is 0 Å². The molecular formula is C27H45NO9. The van der Waals surface area contributed by atoms with E-state index in [2.05, 4.69) is 0 Å². The molecule has 10 nitrogen and oxygen atoms in total. The smallest absolute Gasteiger partial charge is 0.313 e. The summed E-state index contributed by atoms with van der Waals surface area (Å²) < 4.78 is 15.5. The SMILES string of the molecule is CC(C)(C)C(=O)CC(=O)OCCN(CCOC(=O)CC(=O)C(C)(C)C)CCOC(=O)CC(=O)C(C)(C)C. The van der Waals surface area contributed by atoms with Gasteiger partial charge in [-0.3, -0.25) is 33.7 Å². The lowest BCUT2D eigenvalue weighted by Crippen LogP contribution is -2.36. The van der Waals surface area contributed by atoms with Gasteiger partial charge in [-0.2, -0.15) is 0 Å². The van der Waals surface area contributed by atoms with Crippen molar-refractivity contribution in [2.75, 3.05) is 39.5 Å². The summed E-state index contributed by atoms with van der Waals surface area (Å²) in [7, 11) is 0. The van der Waals surface area contributed by atoms with Gasteiger partial charge in [0, 0.05) is 35.9 Å². The molecule has 212 valence electrons. The summed E-state index contributed by atoms with van der Waals surface area (Å²) in [5.74, 6) is -2.62. The molecule has 0 saturated heterocycles. The van der Waals surface area contributed by atoms with Crippen molar-refractivity contribution in [1.82, 2.24) is 4.90 Å². The maximum Gasteiger partial charge on any atom is 0.313 e. The van der Waals surface area contributed by atoms with Gasteiger partial charge in [-0.05, 0) is 0 Å². The molecule has 0 atom stereocenters. The van der Waals surface area contributed by atoms with Crippen molar-refractivity contribution < 1.29 is 43.0 Å². The number of carbonyl (C=O) groups is 6. The fraction of sp³-hybridized carbons (Fsp3) is 0.778. The van der Waals surface area contributed by atoms with Crippen molar-refractivity contribution in [2.45, 2.75) is 81.6 Å². The van der Waals surface area contributed by atoms with Crippen LogP contribution in [0.3, 0.4) is 0 Å². The molecule has 0 amide bonds. The van der Waals surface area contributed by atoms with Crippen molar-refractivity contribution in [3.63, 3.8) is 0 Å². The van der Waals surface area contributed by atoms with E-state index in [1.807, 2.05) is 0 Å². The van der Waals surface area contributed by atoms with E-state index in [1.165, 1.54) is 0 Å².